The van der Waals surface area contributed by atoms with Gasteiger partial charge in [-0.3, -0.25) is 9.69 Å². The average molecular weight is 393 g/mol. The third kappa shape index (κ3) is 3.87. The summed E-state index contributed by atoms with van der Waals surface area (Å²) in [7, 11) is 1.49. The molecule has 1 aliphatic rings. The van der Waals surface area contributed by atoms with Crippen molar-refractivity contribution < 1.29 is 14.3 Å². The van der Waals surface area contributed by atoms with Gasteiger partial charge in [0.1, 0.15) is 22.6 Å². The topological polar surface area (TPSA) is 62.9 Å². The fourth-order valence-corrected chi connectivity index (χ4v) is 4.54. The molecule has 0 bridgehead atoms. The molecule has 29 heavy (non-hydrogen) atoms. The second-order valence-corrected chi connectivity index (χ2v) is 8.26. The maximum Gasteiger partial charge on any atom is 0.197 e. The Labute approximate surface area is 170 Å². The van der Waals surface area contributed by atoms with Crippen molar-refractivity contribution in [2.75, 3.05) is 20.2 Å². The summed E-state index contributed by atoms with van der Waals surface area (Å²) in [5, 5.41) is 11.1. The van der Waals surface area contributed by atoms with Crippen LogP contribution in [0.25, 0.3) is 22.3 Å². The molecular weight excluding hydrogens is 366 g/mol. The second-order valence-electron chi connectivity index (χ2n) is 8.26. The molecule has 0 radical (unpaired) electrons. The average Bonchev–Trinajstić information content (AvgIpc) is 2.69. The van der Waals surface area contributed by atoms with Gasteiger partial charge in [-0.2, -0.15) is 0 Å². The van der Waals surface area contributed by atoms with Crippen LogP contribution in [0.2, 0.25) is 0 Å². The van der Waals surface area contributed by atoms with Crippen LogP contribution in [0.3, 0.4) is 0 Å². The van der Waals surface area contributed by atoms with Gasteiger partial charge in [-0.1, -0.05) is 44.2 Å². The van der Waals surface area contributed by atoms with Crippen LogP contribution in [-0.4, -0.2) is 30.2 Å². The van der Waals surface area contributed by atoms with Crippen LogP contribution in [0.4, 0.5) is 0 Å². The number of hydrogen-bond acceptors (Lipinski definition) is 5. The highest BCUT2D eigenvalue weighted by atomic mass is 16.5. The normalized spacial score (nSPS) is 20.1. The first kappa shape index (κ1) is 19.5. The van der Waals surface area contributed by atoms with Gasteiger partial charge in [0.05, 0.1) is 12.7 Å². The van der Waals surface area contributed by atoms with E-state index in [-0.39, 0.29) is 11.2 Å². The molecule has 1 aliphatic heterocycles. The lowest BCUT2D eigenvalue weighted by atomic mass is 9.91. The largest absolute Gasteiger partial charge is 0.507 e. The molecule has 1 aromatic heterocycles. The Morgan fingerprint density at radius 3 is 2.48 bits per heavy atom. The molecule has 1 fully saturated rings. The first-order valence-electron chi connectivity index (χ1n) is 10.1. The number of benzene rings is 2. The number of nitrogens with zero attached hydrogens (tertiary/aromatic N) is 1. The summed E-state index contributed by atoms with van der Waals surface area (Å²) in [6.45, 7) is 6.95. The van der Waals surface area contributed by atoms with Crippen LogP contribution in [0, 0.1) is 11.8 Å². The van der Waals surface area contributed by atoms with Gasteiger partial charge >= 0.3 is 0 Å². The quantitative estimate of drug-likeness (QED) is 0.699. The molecule has 5 nitrogen and oxygen atoms in total. The number of methoxy groups -OCH3 is 1. The van der Waals surface area contributed by atoms with Crippen molar-refractivity contribution in [2.45, 2.75) is 26.8 Å². The highest BCUT2D eigenvalue weighted by molar-refractivity contribution is 5.89. The molecular formula is C24H27NO4. The Kier molecular flexibility index (Phi) is 5.33. The van der Waals surface area contributed by atoms with Gasteiger partial charge in [-0.05, 0) is 18.3 Å². The van der Waals surface area contributed by atoms with Crippen molar-refractivity contribution >= 4 is 11.0 Å². The Hall–Kier alpha value is -2.79. The number of fused-ring (bicyclic) bond motifs is 1. The molecule has 2 atom stereocenters. The van der Waals surface area contributed by atoms with Crippen molar-refractivity contribution in [1.82, 2.24) is 4.90 Å². The fourth-order valence-electron chi connectivity index (χ4n) is 4.54. The number of hydrogen-bond donors (Lipinski definition) is 1. The van der Waals surface area contributed by atoms with Gasteiger partial charge in [0.25, 0.3) is 0 Å². The number of phenols is 1. The molecule has 2 aromatic carbocycles. The monoisotopic (exact) mass is 393 g/mol. The Morgan fingerprint density at radius 2 is 1.83 bits per heavy atom. The molecule has 2 heterocycles. The Morgan fingerprint density at radius 1 is 1.14 bits per heavy atom. The zero-order chi connectivity index (χ0) is 20.5. The minimum atomic E-state index is -0.177. The number of phenolic OH excluding ortho intramolecular Hbond substituents is 1. The van der Waals surface area contributed by atoms with Crippen molar-refractivity contribution in [3.63, 3.8) is 0 Å². The zero-order valence-corrected chi connectivity index (χ0v) is 17.1. The van der Waals surface area contributed by atoms with E-state index in [9.17, 15) is 9.90 Å². The van der Waals surface area contributed by atoms with Crippen LogP contribution in [0.15, 0.2) is 51.7 Å². The van der Waals surface area contributed by atoms with Gasteiger partial charge < -0.3 is 14.3 Å². The fraction of sp³-hybridized carbons (Fsp3) is 0.375. The van der Waals surface area contributed by atoms with E-state index in [2.05, 4.69) is 18.7 Å². The predicted molar refractivity (Wildman–Crippen MR) is 114 cm³/mol. The van der Waals surface area contributed by atoms with Crippen LogP contribution < -0.4 is 10.2 Å². The number of aromatic hydroxyl groups is 1. The number of ether oxygens (including phenoxy) is 1. The number of likely N-dealkylation sites (tertiary alicyclic amines) is 1. The predicted octanol–water partition coefficient (Wildman–Crippen LogP) is 4.65. The minimum absolute atomic E-state index is 0.0913. The van der Waals surface area contributed by atoms with Crippen molar-refractivity contribution in [3.05, 3.63) is 58.3 Å². The van der Waals surface area contributed by atoms with E-state index in [0.717, 1.165) is 18.7 Å². The molecule has 0 amide bonds. The summed E-state index contributed by atoms with van der Waals surface area (Å²) >= 11 is 0. The maximum absolute atomic E-state index is 13.0. The summed E-state index contributed by atoms with van der Waals surface area (Å²) in [5.74, 6) is 2.09. The zero-order valence-electron chi connectivity index (χ0n) is 17.1. The molecule has 1 saturated heterocycles. The van der Waals surface area contributed by atoms with Crippen molar-refractivity contribution in [3.8, 4) is 22.8 Å². The van der Waals surface area contributed by atoms with E-state index in [4.69, 9.17) is 9.15 Å². The molecule has 4 rings (SSSR count). The van der Waals surface area contributed by atoms with Gasteiger partial charge in [-0.15, -0.1) is 0 Å². The molecule has 3 aromatic rings. The van der Waals surface area contributed by atoms with Crippen molar-refractivity contribution in [2.24, 2.45) is 11.8 Å². The van der Waals surface area contributed by atoms with E-state index in [1.54, 1.807) is 0 Å². The van der Waals surface area contributed by atoms with E-state index in [1.807, 2.05) is 30.3 Å². The molecule has 0 aliphatic carbocycles. The van der Waals surface area contributed by atoms with Crippen LogP contribution >= 0.6 is 0 Å². The molecule has 5 heteroatoms. The van der Waals surface area contributed by atoms with Crippen LogP contribution in [-0.2, 0) is 6.54 Å². The Bertz CT molecular complexity index is 1060. The lowest BCUT2D eigenvalue weighted by Crippen LogP contribution is -2.38. The van der Waals surface area contributed by atoms with E-state index >= 15 is 0 Å². The smallest absolute Gasteiger partial charge is 0.197 e. The molecule has 152 valence electrons. The molecule has 0 unspecified atom stereocenters. The van der Waals surface area contributed by atoms with Crippen LogP contribution in [0.5, 0.6) is 11.5 Å². The van der Waals surface area contributed by atoms with Crippen molar-refractivity contribution in [1.29, 1.82) is 0 Å². The number of piperidine rings is 1. The summed E-state index contributed by atoms with van der Waals surface area (Å²) in [6, 6.07) is 12.5. The lowest BCUT2D eigenvalue weighted by Gasteiger charge is -2.35. The Balaban J connectivity index is 1.87. The lowest BCUT2D eigenvalue weighted by molar-refractivity contribution is 0.133. The first-order chi connectivity index (χ1) is 14.0. The third-order valence-corrected chi connectivity index (χ3v) is 5.65. The summed E-state index contributed by atoms with van der Waals surface area (Å²) in [5.41, 5.74) is 1.68. The van der Waals surface area contributed by atoms with Gasteiger partial charge in [0.15, 0.2) is 11.0 Å². The first-order valence-corrected chi connectivity index (χ1v) is 10.1. The molecule has 0 spiro atoms. The van der Waals surface area contributed by atoms with Crippen LogP contribution in [0.1, 0.15) is 25.8 Å². The van der Waals surface area contributed by atoms with E-state index in [1.165, 1.54) is 25.7 Å². The summed E-state index contributed by atoms with van der Waals surface area (Å²) < 4.78 is 11.6. The van der Waals surface area contributed by atoms with E-state index < -0.39 is 0 Å². The minimum Gasteiger partial charge on any atom is -0.507 e. The van der Waals surface area contributed by atoms with Gasteiger partial charge in [0.2, 0.25) is 0 Å². The standard InChI is InChI=1S/C24H27NO4/c1-15-9-16(2)13-25(12-15)14-18-19(26)10-22(28-3)23-20(27)11-21(29-24(18)23)17-7-5-4-6-8-17/h4-8,10-11,15-16,26H,9,12-14H2,1-3H3/t15-,16-/m0/s1. The van der Waals surface area contributed by atoms with Gasteiger partial charge in [-0.25, -0.2) is 0 Å². The summed E-state index contributed by atoms with van der Waals surface area (Å²) in [6.07, 6.45) is 1.21. The highest BCUT2D eigenvalue weighted by Crippen LogP contribution is 2.37. The third-order valence-electron chi connectivity index (χ3n) is 5.65. The maximum atomic E-state index is 13.0. The molecule has 1 N–H and O–H groups in total. The second kappa shape index (κ2) is 7.91. The summed E-state index contributed by atoms with van der Waals surface area (Å²) in [4.78, 5) is 15.3. The number of rotatable bonds is 4. The molecule has 0 saturated carbocycles. The highest BCUT2D eigenvalue weighted by Gasteiger charge is 2.25. The van der Waals surface area contributed by atoms with E-state index in [0.29, 0.717) is 46.4 Å². The van der Waals surface area contributed by atoms with Gasteiger partial charge in [0, 0.05) is 37.3 Å². The SMILES string of the molecule is COc1cc(O)c(CN2C[C@@H](C)C[C@H](C)C2)c2oc(-c3ccccc3)cc(=O)c12.